The summed E-state index contributed by atoms with van der Waals surface area (Å²) >= 11 is 0. The van der Waals surface area contributed by atoms with Gasteiger partial charge in [-0.1, -0.05) is 13.0 Å². The Bertz CT molecular complexity index is 348. The third kappa shape index (κ3) is 2.97. The van der Waals surface area contributed by atoms with Crippen LogP contribution in [0.1, 0.15) is 45.2 Å². The van der Waals surface area contributed by atoms with Crippen LogP contribution in [0.5, 0.6) is 5.88 Å². The second-order valence-electron chi connectivity index (χ2n) is 4.88. The fraction of sp³-hybridized carbons (Fsp3) is 0.643. The highest BCUT2D eigenvalue weighted by molar-refractivity contribution is 5.21. The molecule has 3 nitrogen and oxygen atoms in total. The van der Waals surface area contributed by atoms with Crippen LogP contribution < -0.4 is 4.74 Å². The van der Waals surface area contributed by atoms with Gasteiger partial charge in [-0.15, -0.1) is 0 Å². The summed E-state index contributed by atoms with van der Waals surface area (Å²) in [6, 6.07) is 4.70. The van der Waals surface area contributed by atoms with Crippen molar-refractivity contribution in [3.05, 3.63) is 23.9 Å². The lowest BCUT2D eigenvalue weighted by atomic mass is 10.1. The number of rotatable bonds is 4. The summed E-state index contributed by atoms with van der Waals surface area (Å²) in [4.78, 5) is 6.90. The molecule has 2 heterocycles. The normalized spacial score (nSPS) is 21.1. The van der Waals surface area contributed by atoms with Crippen LogP contribution in [0.3, 0.4) is 0 Å². The van der Waals surface area contributed by atoms with E-state index in [2.05, 4.69) is 22.9 Å². The number of hydrogen-bond donors (Lipinski definition) is 0. The maximum Gasteiger partial charge on any atom is 0.213 e. The van der Waals surface area contributed by atoms with E-state index in [0.29, 0.717) is 6.04 Å². The van der Waals surface area contributed by atoms with E-state index in [4.69, 9.17) is 4.74 Å². The fourth-order valence-electron chi connectivity index (χ4n) is 2.48. The van der Waals surface area contributed by atoms with Gasteiger partial charge in [0.1, 0.15) is 0 Å². The van der Waals surface area contributed by atoms with Gasteiger partial charge in [0, 0.05) is 18.3 Å². The minimum Gasteiger partial charge on any atom is -0.475 e. The smallest absolute Gasteiger partial charge is 0.213 e. The molecule has 1 aromatic heterocycles. The predicted octanol–water partition coefficient (Wildman–Crippen LogP) is 3.03. The van der Waals surface area contributed by atoms with Crippen molar-refractivity contribution in [3.8, 4) is 5.88 Å². The predicted molar refractivity (Wildman–Crippen MR) is 69.2 cm³/mol. The molecule has 1 fully saturated rings. The van der Waals surface area contributed by atoms with Crippen molar-refractivity contribution in [1.82, 2.24) is 9.88 Å². The van der Waals surface area contributed by atoms with Gasteiger partial charge in [-0.3, -0.25) is 4.90 Å². The molecule has 1 aliphatic heterocycles. The van der Waals surface area contributed by atoms with Crippen molar-refractivity contribution in [2.24, 2.45) is 0 Å². The van der Waals surface area contributed by atoms with Gasteiger partial charge in [0.05, 0.1) is 6.10 Å². The number of pyridine rings is 1. The van der Waals surface area contributed by atoms with E-state index in [1.807, 2.05) is 26.1 Å². The zero-order valence-corrected chi connectivity index (χ0v) is 11.0. The van der Waals surface area contributed by atoms with Crippen molar-refractivity contribution in [2.75, 3.05) is 13.1 Å². The van der Waals surface area contributed by atoms with E-state index >= 15 is 0 Å². The molecule has 1 aliphatic rings. The first kappa shape index (κ1) is 12.4. The lowest BCUT2D eigenvalue weighted by Gasteiger charge is -2.22. The molecule has 1 saturated heterocycles. The van der Waals surface area contributed by atoms with E-state index < -0.39 is 0 Å². The van der Waals surface area contributed by atoms with Gasteiger partial charge in [-0.2, -0.15) is 0 Å². The molecule has 1 atom stereocenters. The maximum absolute atomic E-state index is 5.56. The Morgan fingerprint density at radius 3 is 2.88 bits per heavy atom. The summed E-state index contributed by atoms with van der Waals surface area (Å²) in [5.41, 5.74) is 1.32. The molecule has 0 N–H and O–H groups in total. The minimum absolute atomic E-state index is 0.187. The van der Waals surface area contributed by atoms with Crippen LogP contribution in [0.25, 0.3) is 0 Å². The molecule has 0 saturated carbocycles. The van der Waals surface area contributed by atoms with Crippen LogP contribution in [0.15, 0.2) is 18.3 Å². The molecular weight excluding hydrogens is 212 g/mol. The van der Waals surface area contributed by atoms with Crippen LogP contribution >= 0.6 is 0 Å². The first-order valence-corrected chi connectivity index (χ1v) is 6.57. The zero-order valence-electron chi connectivity index (χ0n) is 11.0. The summed E-state index contributed by atoms with van der Waals surface area (Å²) < 4.78 is 5.56. The van der Waals surface area contributed by atoms with Crippen LogP contribution in [0, 0.1) is 0 Å². The molecule has 94 valence electrons. The van der Waals surface area contributed by atoms with E-state index in [0.717, 1.165) is 12.4 Å². The van der Waals surface area contributed by atoms with Crippen molar-refractivity contribution >= 4 is 0 Å². The molecule has 1 aromatic rings. The molecule has 2 rings (SSSR count). The van der Waals surface area contributed by atoms with Crippen molar-refractivity contribution in [2.45, 2.75) is 45.8 Å². The molecule has 0 radical (unpaired) electrons. The van der Waals surface area contributed by atoms with E-state index in [9.17, 15) is 0 Å². The highest BCUT2D eigenvalue weighted by Crippen LogP contribution is 2.31. The molecule has 3 heteroatoms. The van der Waals surface area contributed by atoms with Crippen molar-refractivity contribution in [1.29, 1.82) is 0 Å². The minimum atomic E-state index is 0.187. The molecule has 0 bridgehead atoms. The highest BCUT2D eigenvalue weighted by atomic mass is 16.5. The van der Waals surface area contributed by atoms with Gasteiger partial charge in [-0.05, 0) is 45.3 Å². The lowest BCUT2D eigenvalue weighted by Crippen LogP contribution is -2.22. The topological polar surface area (TPSA) is 25.4 Å². The quantitative estimate of drug-likeness (QED) is 0.800. The average Bonchev–Trinajstić information content (AvgIpc) is 2.77. The average molecular weight is 234 g/mol. The Kier molecular flexibility index (Phi) is 4.00. The number of likely N-dealkylation sites (tertiary alicyclic amines) is 1. The van der Waals surface area contributed by atoms with Crippen molar-refractivity contribution in [3.63, 3.8) is 0 Å². The van der Waals surface area contributed by atoms with Gasteiger partial charge < -0.3 is 4.74 Å². The Morgan fingerprint density at radius 2 is 2.29 bits per heavy atom. The van der Waals surface area contributed by atoms with Crippen LogP contribution in [0.2, 0.25) is 0 Å². The first-order chi connectivity index (χ1) is 8.20. The highest BCUT2D eigenvalue weighted by Gasteiger charge is 2.24. The van der Waals surface area contributed by atoms with Crippen LogP contribution in [0.4, 0.5) is 0 Å². The lowest BCUT2D eigenvalue weighted by molar-refractivity contribution is 0.231. The summed E-state index contributed by atoms with van der Waals surface area (Å²) in [5.74, 6) is 0.727. The van der Waals surface area contributed by atoms with Gasteiger partial charge in [0.15, 0.2) is 0 Å². The number of ether oxygens (including phenoxy) is 1. The zero-order chi connectivity index (χ0) is 12.3. The summed E-state index contributed by atoms with van der Waals surface area (Å²) in [6.45, 7) is 8.60. The Morgan fingerprint density at radius 1 is 1.47 bits per heavy atom. The third-order valence-electron chi connectivity index (χ3n) is 3.27. The third-order valence-corrected chi connectivity index (χ3v) is 3.27. The second kappa shape index (κ2) is 5.50. The second-order valence-corrected chi connectivity index (χ2v) is 4.88. The number of nitrogens with zero attached hydrogens (tertiary/aromatic N) is 2. The first-order valence-electron chi connectivity index (χ1n) is 6.57. The maximum atomic E-state index is 5.56. The monoisotopic (exact) mass is 234 g/mol. The molecule has 0 amide bonds. The summed E-state index contributed by atoms with van der Waals surface area (Å²) in [7, 11) is 0. The number of aromatic nitrogens is 1. The van der Waals surface area contributed by atoms with Gasteiger partial charge in [0.25, 0.3) is 0 Å². The SMILES string of the molecule is CCN1CCC[C@H]1c1ccc(OC(C)C)nc1. The molecule has 0 unspecified atom stereocenters. The molecule has 0 aromatic carbocycles. The molecule has 0 aliphatic carbocycles. The Labute approximate surface area is 104 Å². The fourth-order valence-corrected chi connectivity index (χ4v) is 2.48. The van der Waals surface area contributed by atoms with Gasteiger partial charge >= 0.3 is 0 Å². The van der Waals surface area contributed by atoms with Gasteiger partial charge in [0.2, 0.25) is 5.88 Å². The van der Waals surface area contributed by atoms with E-state index in [1.165, 1.54) is 24.9 Å². The molecular formula is C14H22N2O. The Hall–Kier alpha value is -1.09. The van der Waals surface area contributed by atoms with Crippen LogP contribution in [-0.4, -0.2) is 29.1 Å². The van der Waals surface area contributed by atoms with Crippen molar-refractivity contribution < 1.29 is 4.74 Å². The molecule has 0 spiro atoms. The number of hydrogen-bond acceptors (Lipinski definition) is 3. The standard InChI is InChI=1S/C14H22N2O/c1-4-16-9-5-6-13(16)12-7-8-14(15-10-12)17-11(2)3/h7-8,10-11,13H,4-6,9H2,1-3H3/t13-/m0/s1. The van der Waals surface area contributed by atoms with E-state index in [-0.39, 0.29) is 6.10 Å². The largest absolute Gasteiger partial charge is 0.475 e. The summed E-state index contributed by atoms with van der Waals surface area (Å²) in [5, 5.41) is 0. The molecule has 17 heavy (non-hydrogen) atoms. The van der Waals surface area contributed by atoms with E-state index in [1.54, 1.807) is 0 Å². The Balaban J connectivity index is 2.07. The van der Waals surface area contributed by atoms with Gasteiger partial charge in [-0.25, -0.2) is 4.98 Å². The van der Waals surface area contributed by atoms with Crippen LogP contribution in [-0.2, 0) is 0 Å². The summed E-state index contributed by atoms with van der Waals surface area (Å²) in [6.07, 6.45) is 4.70.